The molecule has 2 atom stereocenters. The molecule has 1 saturated heterocycles. The molecule has 8 nitrogen and oxygen atoms in total. The van der Waals surface area contributed by atoms with E-state index in [2.05, 4.69) is 21.3 Å². The van der Waals surface area contributed by atoms with E-state index in [0.717, 1.165) is 5.75 Å². The van der Waals surface area contributed by atoms with E-state index in [0.29, 0.717) is 12.3 Å². The molecule has 1 aliphatic rings. The summed E-state index contributed by atoms with van der Waals surface area (Å²) < 4.78 is 5.35. The summed E-state index contributed by atoms with van der Waals surface area (Å²) in [5.74, 6) is 0.466. The van der Waals surface area contributed by atoms with Gasteiger partial charge in [-0.1, -0.05) is 0 Å². The maximum Gasteiger partial charge on any atom is 0.234 e. The molecule has 0 aliphatic carbocycles. The first-order valence-electron chi connectivity index (χ1n) is 8.40. The van der Waals surface area contributed by atoms with Crippen LogP contribution in [0.25, 0.3) is 0 Å². The lowest BCUT2D eigenvalue weighted by Crippen LogP contribution is -2.55. The van der Waals surface area contributed by atoms with E-state index in [1.165, 1.54) is 11.8 Å². The molecule has 0 radical (unpaired) electrons. The second-order valence-electron chi connectivity index (χ2n) is 5.71. The fourth-order valence-electron chi connectivity index (χ4n) is 2.45. The quantitative estimate of drug-likeness (QED) is 0.528. The van der Waals surface area contributed by atoms with Crippen LogP contribution in [0.2, 0.25) is 0 Å². The molecule has 142 valence electrons. The molecule has 0 saturated carbocycles. The Hall–Kier alpha value is -2.26. The smallest absolute Gasteiger partial charge is 0.234 e. The molecule has 3 amide bonds. The van der Waals surface area contributed by atoms with E-state index in [1.807, 2.05) is 6.92 Å². The van der Waals surface area contributed by atoms with E-state index >= 15 is 0 Å². The average molecular weight is 380 g/mol. The summed E-state index contributed by atoms with van der Waals surface area (Å²) in [5, 5.41) is 11.3. The first kappa shape index (κ1) is 20.1. The van der Waals surface area contributed by atoms with Crippen molar-refractivity contribution in [2.45, 2.75) is 31.3 Å². The van der Waals surface area contributed by atoms with E-state index in [9.17, 15) is 14.4 Å². The Kier molecular flexibility index (Phi) is 7.73. The summed E-state index contributed by atoms with van der Waals surface area (Å²) in [6.45, 7) is 2.49. The number of anilines is 1. The molecule has 0 aromatic heterocycles. The van der Waals surface area contributed by atoms with Crippen LogP contribution in [0.4, 0.5) is 5.69 Å². The van der Waals surface area contributed by atoms with Gasteiger partial charge in [-0.25, -0.2) is 0 Å². The Balaban J connectivity index is 1.78. The molecule has 0 bridgehead atoms. The van der Waals surface area contributed by atoms with Gasteiger partial charge in [0.1, 0.15) is 11.2 Å². The van der Waals surface area contributed by atoms with Gasteiger partial charge in [-0.2, -0.15) is 0 Å². The number of amides is 3. The standard InChI is InChI=1S/C17H24N4O4S/c1-3-25-13-6-4-11(5-7-13)19-16(24)10-26-17-20-12(8-14(22)18-2)9-15(23)21-17/h4-7,12,17,20H,3,8-10H2,1-2H3,(H,18,22)(H,19,24)(H,21,23). The van der Waals surface area contributed by atoms with Crippen molar-refractivity contribution in [2.24, 2.45) is 0 Å². The van der Waals surface area contributed by atoms with E-state index in [4.69, 9.17) is 4.74 Å². The fraction of sp³-hybridized carbons (Fsp3) is 0.471. The molecule has 26 heavy (non-hydrogen) atoms. The van der Waals surface area contributed by atoms with Crippen LogP contribution in [-0.4, -0.2) is 48.7 Å². The number of benzene rings is 1. The third kappa shape index (κ3) is 6.57. The van der Waals surface area contributed by atoms with Crippen molar-refractivity contribution >= 4 is 35.2 Å². The van der Waals surface area contributed by atoms with Gasteiger partial charge in [0.2, 0.25) is 17.7 Å². The first-order valence-corrected chi connectivity index (χ1v) is 9.45. The number of carbonyl (C=O) groups is 3. The molecule has 1 aromatic carbocycles. The Bertz CT molecular complexity index is 638. The zero-order valence-corrected chi connectivity index (χ0v) is 15.7. The highest BCUT2D eigenvalue weighted by Gasteiger charge is 2.27. The second kappa shape index (κ2) is 10.0. The molecule has 2 unspecified atom stereocenters. The molecule has 4 N–H and O–H groups in total. The van der Waals surface area contributed by atoms with Gasteiger partial charge in [0.15, 0.2) is 0 Å². The highest BCUT2D eigenvalue weighted by atomic mass is 32.2. The molecular weight excluding hydrogens is 356 g/mol. The minimum atomic E-state index is -0.406. The Morgan fingerprint density at radius 2 is 2.00 bits per heavy atom. The summed E-state index contributed by atoms with van der Waals surface area (Å²) >= 11 is 1.27. The second-order valence-corrected chi connectivity index (χ2v) is 6.80. The number of carbonyl (C=O) groups excluding carboxylic acids is 3. The molecule has 1 aliphatic heterocycles. The molecule has 2 rings (SSSR count). The lowest BCUT2D eigenvalue weighted by Gasteiger charge is -2.30. The minimum Gasteiger partial charge on any atom is -0.494 e. The van der Waals surface area contributed by atoms with Crippen molar-refractivity contribution in [3.05, 3.63) is 24.3 Å². The van der Waals surface area contributed by atoms with Crippen molar-refractivity contribution in [1.29, 1.82) is 0 Å². The Morgan fingerprint density at radius 3 is 2.65 bits per heavy atom. The lowest BCUT2D eigenvalue weighted by molar-refractivity contribution is -0.125. The van der Waals surface area contributed by atoms with Gasteiger partial charge in [-0.15, -0.1) is 11.8 Å². The van der Waals surface area contributed by atoms with E-state index < -0.39 is 5.50 Å². The number of hydrogen-bond acceptors (Lipinski definition) is 6. The molecule has 1 fully saturated rings. The number of ether oxygens (including phenoxy) is 1. The molecule has 9 heteroatoms. The number of thioether (sulfide) groups is 1. The van der Waals surface area contributed by atoms with Crippen LogP contribution in [0.15, 0.2) is 24.3 Å². The van der Waals surface area contributed by atoms with Gasteiger partial charge >= 0.3 is 0 Å². The monoisotopic (exact) mass is 380 g/mol. The number of rotatable bonds is 8. The Morgan fingerprint density at radius 1 is 1.27 bits per heavy atom. The highest BCUT2D eigenvalue weighted by Crippen LogP contribution is 2.17. The van der Waals surface area contributed by atoms with Crippen LogP contribution in [0.5, 0.6) is 5.75 Å². The summed E-state index contributed by atoms with van der Waals surface area (Å²) in [4.78, 5) is 35.3. The predicted octanol–water partition coefficient (Wildman–Crippen LogP) is 0.655. The topological polar surface area (TPSA) is 109 Å². The van der Waals surface area contributed by atoms with Crippen molar-refractivity contribution in [2.75, 3.05) is 24.7 Å². The van der Waals surface area contributed by atoms with Gasteiger partial charge in [-0.3, -0.25) is 19.7 Å². The molecule has 0 spiro atoms. The summed E-state index contributed by atoms with van der Waals surface area (Å²) in [6, 6.07) is 6.88. The fourth-order valence-corrected chi connectivity index (χ4v) is 3.34. The van der Waals surface area contributed by atoms with E-state index in [1.54, 1.807) is 31.3 Å². The largest absolute Gasteiger partial charge is 0.494 e. The molecule has 1 aromatic rings. The average Bonchev–Trinajstić information content (AvgIpc) is 2.61. The van der Waals surface area contributed by atoms with Gasteiger partial charge in [0.05, 0.1) is 12.4 Å². The maximum atomic E-state index is 12.1. The van der Waals surface area contributed by atoms with Crippen LogP contribution in [0.1, 0.15) is 19.8 Å². The Labute approximate surface area is 156 Å². The van der Waals surface area contributed by atoms with Crippen LogP contribution >= 0.6 is 11.8 Å². The summed E-state index contributed by atoms with van der Waals surface area (Å²) in [6.07, 6.45) is 0.461. The van der Waals surface area contributed by atoms with Crippen molar-refractivity contribution in [3.63, 3.8) is 0 Å². The lowest BCUT2D eigenvalue weighted by atomic mass is 10.1. The summed E-state index contributed by atoms with van der Waals surface area (Å²) in [7, 11) is 1.56. The first-order chi connectivity index (χ1) is 12.5. The van der Waals surface area contributed by atoms with Gasteiger partial charge in [0.25, 0.3) is 0 Å². The highest BCUT2D eigenvalue weighted by molar-refractivity contribution is 8.00. The zero-order valence-electron chi connectivity index (χ0n) is 14.8. The van der Waals surface area contributed by atoms with E-state index in [-0.39, 0.29) is 42.4 Å². The SMILES string of the molecule is CCOc1ccc(NC(=O)CSC2NC(=O)CC(CC(=O)NC)N2)cc1. The maximum absolute atomic E-state index is 12.1. The van der Waals surface area contributed by atoms with Crippen LogP contribution < -0.4 is 26.0 Å². The molecule has 1 heterocycles. The zero-order chi connectivity index (χ0) is 18.9. The van der Waals surface area contributed by atoms with Gasteiger partial charge in [0, 0.05) is 31.6 Å². The number of hydrogen-bond donors (Lipinski definition) is 4. The van der Waals surface area contributed by atoms with Crippen LogP contribution in [-0.2, 0) is 14.4 Å². The van der Waals surface area contributed by atoms with Crippen LogP contribution in [0.3, 0.4) is 0 Å². The van der Waals surface area contributed by atoms with Gasteiger partial charge in [-0.05, 0) is 31.2 Å². The van der Waals surface area contributed by atoms with Gasteiger partial charge < -0.3 is 20.7 Å². The third-order valence-electron chi connectivity index (χ3n) is 3.65. The van der Waals surface area contributed by atoms with Crippen LogP contribution in [0, 0.1) is 0 Å². The number of nitrogens with one attached hydrogen (secondary N) is 4. The minimum absolute atomic E-state index is 0.130. The normalized spacial score (nSPS) is 19.4. The van der Waals surface area contributed by atoms with Crippen molar-refractivity contribution in [3.8, 4) is 5.75 Å². The molecular formula is C17H24N4O4S. The summed E-state index contributed by atoms with van der Waals surface area (Å²) in [5.41, 5.74) is 0.272. The van der Waals surface area contributed by atoms with Crippen molar-refractivity contribution in [1.82, 2.24) is 16.0 Å². The predicted molar refractivity (Wildman–Crippen MR) is 101 cm³/mol. The third-order valence-corrected chi connectivity index (χ3v) is 4.67. The van der Waals surface area contributed by atoms with Crippen molar-refractivity contribution < 1.29 is 19.1 Å².